The zero-order chi connectivity index (χ0) is 30.1. The Morgan fingerprint density at radius 3 is 2.65 bits per heavy atom. The van der Waals surface area contributed by atoms with Gasteiger partial charge in [0.05, 0.1) is 12.2 Å². The molecule has 4 N–H and O–H groups in total. The van der Waals surface area contributed by atoms with Crippen LogP contribution >= 0.6 is 0 Å². The first kappa shape index (κ1) is 28.5. The molecule has 0 spiro atoms. The van der Waals surface area contributed by atoms with Crippen molar-refractivity contribution in [2.75, 3.05) is 12.3 Å². The number of hydrogen-bond acceptors (Lipinski definition) is 6. The third kappa shape index (κ3) is 4.18. The molecule has 0 aromatic heterocycles. The van der Waals surface area contributed by atoms with Gasteiger partial charge in [-0.15, -0.1) is 0 Å². The third-order valence-electron chi connectivity index (χ3n) is 11.5. The normalized spacial score (nSPS) is 39.6. The highest BCUT2D eigenvalue weighted by atomic mass is 16.7. The summed E-state index contributed by atoms with van der Waals surface area (Å²) in [6.07, 6.45) is 11.6. The van der Waals surface area contributed by atoms with Gasteiger partial charge in [-0.1, -0.05) is 92.8 Å². The molecule has 6 heteroatoms. The van der Waals surface area contributed by atoms with Gasteiger partial charge in [-0.2, -0.15) is 0 Å². The van der Waals surface area contributed by atoms with Gasteiger partial charge in [0, 0.05) is 28.0 Å². The Bertz CT molecular complexity index is 1560. The second kappa shape index (κ2) is 10.1. The lowest BCUT2D eigenvalue weighted by Gasteiger charge is -2.59. The van der Waals surface area contributed by atoms with Gasteiger partial charge in [0.2, 0.25) is 0 Å². The molecule has 0 amide bonds. The number of carbonyl (C=O) groups excluding carboxylic acids is 1. The lowest BCUT2D eigenvalue weighted by atomic mass is 9.46. The number of ketones is 1. The van der Waals surface area contributed by atoms with Gasteiger partial charge >= 0.3 is 0 Å². The molecule has 5 aliphatic rings. The summed E-state index contributed by atoms with van der Waals surface area (Å²) in [5.41, 5.74) is 9.58. The van der Waals surface area contributed by atoms with Gasteiger partial charge in [-0.3, -0.25) is 4.79 Å². The molecule has 7 rings (SSSR count). The predicted octanol–water partition coefficient (Wildman–Crippen LogP) is 6.03. The quantitative estimate of drug-likeness (QED) is 0.295. The summed E-state index contributed by atoms with van der Waals surface area (Å²) in [5.74, 6) is 0.0175. The Labute approximate surface area is 253 Å². The van der Waals surface area contributed by atoms with Crippen molar-refractivity contribution < 1.29 is 24.5 Å². The Hall–Kier alpha value is -3.29. The molecule has 0 radical (unpaired) electrons. The van der Waals surface area contributed by atoms with Crippen LogP contribution in [0.25, 0.3) is 12.2 Å². The molecule has 43 heavy (non-hydrogen) atoms. The standard InChI is InChI=1S/C37H41NO5/c1-22-15-16-35(2)26(17-22)13-14-28-29-19-32-37(31(41)21-39,36(29,3)20-30(40)33(28)35)43-34(42-32)25-11-9-23(10-12-25)7-8-24-5-4-6-27(38)18-24/h4-12,15-18,28-30,32-34,39-40H,1,13-14,19-21,38H2,2-3H3/b8-7+/t28-,29-,30-,32+,33+,34-,35-,36-,37+/m0/s1. The van der Waals surface area contributed by atoms with Crippen molar-refractivity contribution in [1.82, 2.24) is 0 Å². The third-order valence-corrected chi connectivity index (χ3v) is 11.5. The summed E-state index contributed by atoms with van der Waals surface area (Å²) in [6.45, 7) is 7.84. The Balaban J connectivity index is 1.17. The number of aliphatic hydroxyl groups excluding tert-OH is 2. The van der Waals surface area contributed by atoms with Crippen LogP contribution < -0.4 is 5.73 Å². The van der Waals surface area contributed by atoms with E-state index in [4.69, 9.17) is 15.2 Å². The van der Waals surface area contributed by atoms with E-state index in [0.29, 0.717) is 12.8 Å². The maximum absolute atomic E-state index is 13.8. The summed E-state index contributed by atoms with van der Waals surface area (Å²) in [4.78, 5) is 13.8. The number of Topliss-reactive ketones (excluding diaryl/α,β-unsaturated/α-hetero) is 1. The number of ether oxygens (including phenoxy) is 2. The first-order valence-electron chi connectivity index (χ1n) is 15.5. The molecule has 224 valence electrons. The maximum atomic E-state index is 13.8. The van der Waals surface area contributed by atoms with Crippen LogP contribution in [0.5, 0.6) is 0 Å². The largest absolute Gasteiger partial charge is 0.399 e. The molecule has 2 aromatic rings. The van der Waals surface area contributed by atoms with E-state index >= 15 is 0 Å². The molecule has 9 atom stereocenters. The number of benzene rings is 2. The molecule has 0 unspecified atom stereocenters. The van der Waals surface area contributed by atoms with Crippen LogP contribution in [0.3, 0.4) is 0 Å². The second-order valence-electron chi connectivity index (χ2n) is 13.7. The maximum Gasteiger partial charge on any atom is 0.193 e. The molecule has 4 aliphatic carbocycles. The van der Waals surface area contributed by atoms with Gasteiger partial charge in [-0.25, -0.2) is 0 Å². The number of anilines is 1. The molecule has 2 aromatic carbocycles. The Morgan fingerprint density at radius 1 is 1.14 bits per heavy atom. The molecule has 1 saturated heterocycles. The smallest absolute Gasteiger partial charge is 0.193 e. The lowest BCUT2D eigenvalue weighted by molar-refractivity contribution is -0.201. The van der Waals surface area contributed by atoms with E-state index in [9.17, 15) is 15.0 Å². The fourth-order valence-corrected chi connectivity index (χ4v) is 9.53. The van der Waals surface area contributed by atoms with Crippen LogP contribution in [0.15, 0.2) is 84.5 Å². The molecule has 3 saturated carbocycles. The van der Waals surface area contributed by atoms with E-state index in [2.05, 4.69) is 38.7 Å². The van der Waals surface area contributed by atoms with Crippen LogP contribution in [0, 0.1) is 28.6 Å². The van der Waals surface area contributed by atoms with Crippen molar-refractivity contribution in [2.45, 2.75) is 63.6 Å². The average Bonchev–Trinajstić information content (AvgIpc) is 3.49. The number of nitrogens with two attached hydrogens (primary N) is 1. The zero-order valence-electron chi connectivity index (χ0n) is 24.9. The number of aliphatic hydroxyl groups is 2. The molecule has 0 bridgehead atoms. The highest BCUT2D eigenvalue weighted by Gasteiger charge is 2.75. The first-order valence-corrected chi connectivity index (χ1v) is 15.5. The van der Waals surface area contributed by atoms with Crippen LogP contribution in [0.2, 0.25) is 0 Å². The lowest BCUT2D eigenvalue weighted by Crippen LogP contribution is -2.63. The van der Waals surface area contributed by atoms with Crippen molar-refractivity contribution in [2.24, 2.45) is 28.6 Å². The Kier molecular flexibility index (Phi) is 6.71. The van der Waals surface area contributed by atoms with Crippen LogP contribution in [0.4, 0.5) is 5.69 Å². The predicted molar refractivity (Wildman–Crippen MR) is 167 cm³/mol. The highest BCUT2D eigenvalue weighted by Crippen LogP contribution is 2.70. The minimum absolute atomic E-state index is 0.0405. The molecular weight excluding hydrogens is 538 g/mol. The molecule has 1 aliphatic heterocycles. The van der Waals surface area contributed by atoms with E-state index < -0.39 is 36.1 Å². The Morgan fingerprint density at radius 2 is 1.91 bits per heavy atom. The SMILES string of the molecule is C=C1C=C[C@@]2(C)C(=C1)CC[C@@H]1[C@@H]2[C@@H](O)C[C@@]2(C)[C@H]1C[C@H]1O[C@H](c3ccc(/C=C/c4cccc(N)c4)cc3)O[C@]12C(=O)CO. The minimum atomic E-state index is -1.32. The number of carbonyl (C=O) groups is 1. The summed E-state index contributed by atoms with van der Waals surface area (Å²) in [6, 6.07) is 15.6. The van der Waals surface area contributed by atoms with Crippen molar-refractivity contribution in [3.8, 4) is 0 Å². The van der Waals surface area contributed by atoms with Crippen molar-refractivity contribution in [3.63, 3.8) is 0 Å². The van der Waals surface area contributed by atoms with Crippen molar-refractivity contribution >= 4 is 23.6 Å². The van der Waals surface area contributed by atoms with E-state index in [1.807, 2.05) is 60.7 Å². The number of nitrogen functional groups attached to an aromatic ring is 1. The van der Waals surface area contributed by atoms with Crippen LogP contribution in [-0.4, -0.2) is 40.4 Å². The number of rotatable bonds is 5. The van der Waals surface area contributed by atoms with Gasteiger partial charge in [-0.05, 0) is 66.4 Å². The molecular formula is C37H41NO5. The van der Waals surface area contributed by atoms with Crippen molar-refractivity contribution in [3.05, 3.63) is 101 Å². The van der Waals surface area contributed by atoms with Crippen molar-refractivity contribution in [1.29, 1.82) is 0 Å². The monoisotopic (exact) mass is 579 g/mol. The fourth-order valence-electron chi connectivity index (χ4n) is 9.53. The van der Waals surface area contributed by atoms with E-state index in [-0.39, 0.29) is 29.0 Å². The molecule has 6 nitrogen and oxygen atoms in total. The first-order chi connectivity index (χ1) is 20.6. The van der Waals surface area contributed by atoms with Gasteiger partial charge in [0.15, 0.2) is 17.7 Å². The van der Waals surface area contributed by atoms with Crippen LogP contribution in [0.1, 0.15) is 62.5 Å². The van der Waals surface area contributed by atoms with E-state index in [0.717, 1.165) is 40.8 Å². The van der Waals surface area contributed by atoms with Crippen LogP contribution in [-0.2, 0) is 14.3 Å². The van der Waals surface area contributed by atoms with Gasteiger partial charge in [0.1, 0.15) is 6.61 Å². The fraction of sp³-hybridized carbons (Fsp3) is 0.432. The van der Waals surface area contributed by atoms with E-state index in [1.165, 1.54) is 5.57 Å². The number of hydrogen-bond donors (Lipinski definition) is 3. The highest BCUT2D eigenvalue weighted by molar-refractivity contribution is 5.91. The topological polar surface area (TPSA) is 102 Å². The average molecular weight is 580 g/mol. The summed E-state index contributed by atoms with van der Waals surface area (Å²) in [5, 5.41) is 22.1. The number of fused-ring (bicyclic) bond motifs is 7. The summed E-state index contributed by atoms with van der Waals surface area (Å²) >= 11 is 0. The molecule has 4 fully saturated rings. The zero-order valence-corrected chi connectivity index (χ0v) is 24.9. The van der Waals surface area contributed by atoms with E-state index in [1.54, 1.807) is 0 Å². The minimum Gasteiger partial charge on any atom is -0.399 e. The van der Waals surface area contributed by atoms with Gasteiger partial charge in [0.25, 0.3) is 0 Å². The number of allylic oxidation sites excluding steroid dienone is 5. The summed E-state index contributed by atoms with van der Waals surface area (Å²) < 4.78 is 13.3. The molecule has 1 heterocycles. The summed E-state index contributed by atoms with van der Waals surface area (Å²) in [7, 11) is 0. The van der Waals surface area contributed by atoms with Gasteiger partial charge < -0.3 is 25.4 Å². The second-order valence-corrected chi connectivity index (χ2v) is 13.7.